The molecule has 4 heterocycles. The third-order valence-corrected chi connectivity index (χ3v) is 4.71. The Morgan fingerprint density at radius 3 is 1.87 bits per heavy atom. The standard InChI is InChI=1S/C15H18F3N4O/c16-15(17,18)13-3-1-12(2-4-13)14(23)5-22-9-19-6-20(10-22)8-21(7-19)11-22/h1-4H,5-11H2/q+1. The zero-order chi connectivity index (χ0) is 16.2. The number of halogens is 3. The number of rotatable bonds is 3. The number of alkyl halides is 3. The van der Waals surface area contributed by atoms with Gasteiger partial charge in [-0.2, -0.15) is 13.2 Å². The molecule has 0 atom stereocenters. The highest BCUT2D eigenvalue weighted by Crippen LogP contribution is 2.31. The van der Waals surface area contributed by atoms with Crippen LogP contribution in [0, 0.1) is 0 Å². The van der Waals surface area contributed by atoms with Crippen LogP contribution in [-0.4, -0.2) is 71.5 Å². The molecule has 0 radical (unpaired) electrons. The van der Waals surface area contributed by atoms with Gasteiger partial charge in [-0.3, -0.25) is 9.28 Å². The minimum absolute atomic E-state index is 0.0933. The summed E-state index contributed by atoms with van der Waals surface area (Å²) < 4.78 is 38.5. The number of nitrogens with zero attached hydrogens (tertiary/aromatic N) is 4. The number of carbonyl (C=O) groups excluding carboxylic acids is 1. The fourth-order valence-corrected chi connectivity index (χ4v) is 4.05. The number of hydrogen-bond donors (Lipinski definition) is 0. The highest BCUT2D eigenvalue weighted by Gasteiger charge is 2.49. The van der Waals surface area contributed by atoms with Crippen LogP contribution < -0.4 is 0 Å². The van der Waals surface area contributed by atoms with E-state index in [4.69, 9.17) is 0 Å². The topological polar surface area (TPSA) is 26.8 Å². The van der Waals surface area contributed by atoms with Gasteiger partial charge in [0.05, 0.1) is 25.6 Å². The molecule has 0 saturated carbocycles. The third kappa shape index (κ3) is 2.76. The Kier molecular flexibility index (Phi) is 3.28. The molecule has 5 rings (SSSR count). The van der Waals surface area contributed by atoms with Crippen molar-refractivity contribution in [3.63, 3.8) is 0 Å². The summed E-state index contributed by atoms with van der Waals surface area (Å²) in [5.74, 6) is -0.0933. The van der Waals surface area contributed by atoms with E-state index in [0.29, 0.717) is 16.6 Å². The van der Waals surface area contributed by atoms with Crippen LogP contribution in [0.2, 0.25) is 0 Å². The average molecular weight is 327 g/mol. The number of quaternary nitrogens is 1. The summed E-state index contributed by atoms with van der Waals surface area (Å²) in [4.78, 5) is 19.4. The Morgan fingerprint density at radius 2 is 1.43 bits per heavy atom. The molecule has 5 nitrogen and oxygen atoms in total. The smallest absolute Gasteiger partial charge is 0.288 e. The average Bonchev–Trinajstić information content (AvgIpc) is 2.44. The monoisotopic (exact) mass is 327 g/mol. The van der Waals surface area contributed by atoms with Crippen LogP contribution in [0.25, 0.3) is 0 Å². The molecule has 0 spiro atoms. The van der Waals surface area contributed by atoms with E-state index < -0.39 is 11.7 Å². The van der Waals surface area contributed by atoms with Gasteiger partial charge in [-0.05, 0) is 12.1 Å². The lowest BCUT2D eigenvalue weighted by molar-refractivity contribution is -0.973. The van der Waals surface area contributed by atoms with Gasteiger partial charge in [0.2, 0.25) is 5.78 Å². The van der Waals surface area contributed by atoms with E-state index in [1.165, 1.54) is 12.1 Å². The van der Waals surface area contributed by atoms with Crippen molar-refractivity contribution in [2.45, 2.75) is 6.18 Å². The first-order chi connectivity index (χ1) is 10.8. The van der Waals surface area contributed by atoms with Crippen LogP contribution in [0.1, 0.15) is 15.9 Å². The van der Waals surface area contributed by atoms with Gasteiger partial charge in [0.15, 0.2) is 0 Å². The molecule has 23 heavy (non-hydrogen) atoms. The Bertz CT molecular complexity index is 593. The van der Waals surface area contributed by atoms with Crippen molar-refractivity contribution in [2.75, 3.05) is 46.6 Å². The van der Waals surface area contributed by atoms with Crippen molar-refractivity contribution in [3.8, 4) is 0 Å². The minimum Gasteiger partial charge on any atom is -0.288 e. The Hall–Kier alpha value is -1.48. The maximum atomic E-state index is 12.6. The molecule has 4 bridgehead atoms. The van der Waals surface area contributed by atoms with E-state index in [-0.39, 0.29) is 5.78 Å². The predicted molar refractivity (Wildman–Crippen MR) is 75.6 cm³/mol. The van der Waals surface area contributed by atoms with Crippen molar-refractivity contribution in [1.29, 1.82) is 0 Å². The SMILES string of the molecule is O=C(C[N+]12CN3CN(CN(C3)C1)C2)c1ccc(C(F)(F)F)cc1. The molecule has 0 N–H and O–H groups in total. The molecule has 1 aromatic rings. The normalized spacial score (nSPS) is 35.5. The summed E-state index contributed by atoms with van der Waals surface area (Å²) in [5, 5.41) is 0. The number of Topliss-reactive ketones (excluding diaryl/α,β-unsaturated/α-hetero) is 1. The summed E-state index contributed by atoms with van der Waals surface area (Å²) >= 11 is 0. The molecule has 4 aliphatic heterocycles. The predicted octanol–water partition coefficient (Wildman–Crippen LogP) is 1.40. The van der Waals surface area contributed by atoms with E-state index in [0.717, 1.165) is 52.1 Å². The zero-order valence-corrected chi connectivity index (χ0v) is 12.6. The van der Waals surface area contributed by atoms with Crippen LogP contribution in [-0.2, 0) is 6.18 Å². The van der Waals surface area contributed by atoms with Crippen LogP contribution in [0.4, 0.5) is 13.2 Å². The first-order valence-corrected chi connectivity index (χ1v) is 7.56. The summed E-state index contributed by atoms with van der Waals surface area (Å²) in [5.41, 5.74) is -0.367. The highest BCUT2D eigenvalue weighted by atomic mass is 19.4. The minimum atomic E-state index is -4.37. The zero-order valence-electron chi connectivity index (χ0n) is 12.6. The van der Waals surface area contributed by atoms with E-state index >= 15 is 0 Å². The summed E-state index contributed by atoms with van der Waals surface area (Å²) in [6.07, 6.45) is -4.37. The van der Waals surface area contributed by atoms with Gasteiger partial charge in [-0.25, -0.2) is 14.7 Å². The molecule has 0 aromatic heterocycles. The van der Waals surface area contributed by atoms with Gasteiger partial charge in [0.1, 0.15) is 26.6 Å². The Morgan fingerprint density at radius 1 is 0.957 bits per heavy atom. The number of ketones is 1. The van der Waals surface area contributed by atoms with Crippen molar-refractivity contribution in [1.82, 2.24) is 14.7 Å². The quantitative estimate of drug-likeness (QED) is 0.619. The number of hydrogen-bond acceptors (Lipinski definition) is 4. The molecule has 8 heteroatoms. The molecule has 1 aromatic carbocycles. The molecule has 0 amide bonds. The second-order valence-corrected chi connectivity index (χ2v) is 6.86. The summed E-state index contributed by atoms with van der Waals surface area (Å²) in [6, 6.07) is 4.54. The molecule has 0 aliphatic carbocycles. The first-order valence-electron chi connectivity index (χ1n) is 7.56. The van der Waals surface area contributed by atoms with Crippen LogP contribution in [0.5, 0.6) is 0 Å². The maximum absolute atomic E-state index is 12.6. The Labute approximate surface area is 132 Å². The van der Waals surface area contributed by atoms with Gasteiger partial charge >= 0.3 is 6.18 Å². The van der Waals surface area contributed by atoms with E-state index in [1.807, 2.05) is 0 Å². The third-order valence-electron chi connectivity index (χ3n) is 4.71. The first kappa shape index (κ1) is 15.1. The molecule has 0 unspecified atom stereocenters. The van der Waals surface area contributed by atoms with Crippen molar-refractivity contribution in [2.24, 2.45) is 0 Å². The molecule has 4 aliphatic rings. The van der Waals surface area contributed by atoms with Crippen molar-refractivity contribution >= 4 is 5.78 Å². The van der Waals surface area contributed by atoms with E-state index in [1.54, 1.807) is 0 Å². The lowest BCUT2D eigenvalue weighted by Crippen LogP contribution is -2.79. The van der Waals surface area contributed by atoms with Crippen molar-refractivity contribution < 1.29 is 22.4 Å². The maximum Gasteiger partial charge on any atom is 0.416 e. The molecular formula is C15H18F3N4O+. The highest BCUT2D eigenvalue weighted by molar-refractivity contribution is 5.97. The van der Waals surface area contributed by atoms with Gasteiger partial charge in [0.25, 0.3) is 0 Å². The molecular weight excluding hydrogens is 309 g/mol. The van der Waals surface area contributed by atoms with Gasteiger partial charge in [0, 0.05) is 5.56 Å². The summed E-state index contributed by atoms with van der Waals surface area (Å²) in [6.45, 7) is 5.63. The largest absolute Gasteiger partial charge is 0.416 e. The van der Waals surface area contributed by atoms with Crippen LogP contribution in [0.15, 0.2) is 24.3 Å². The molecule has 4 fully saturated rings. The molecule has 124 valence electrons. The van der Waals surface area contributed by atoms with Gasteiger partial charge < -0.3 is 0 Å². The lowest BCUT2D eigenvalue weighted by atomic mass is 10.1. The van der Waals surface area contributed by atoms with Crippen molar-refractivity contribution in [3.05, 3.63) is 35.4 Å². The second kappa shape index (κ2) is 5.01. The summed E-state index contributed by atoms with van der Waals surface area (Å²) in [7, 11) is 0. The molecule has 4 saturated heterocycles. The van der Waals surface area contributed by atoms with Gasteiger partial charge in [-0.1, -0.05) is 12.1 Å². The second-order valence-electron chi connectivity index (χ2n) is 6.86. The fraction of sp³-hybridized carbons (Fsp3) is 0.533. The number of carbonyl (C=O) groups is 1. The fourth-order valence-electron chi connectivity index (χ4n) is 4.05. The number of benzene rings is 1. The van der Waals surface area contributed by atoms with Crippen LogP contribution >= 0.6 is 0 Å². The van der Waals surface area contributed by atoms with E-state index in [2.05, 4.69) is 14.7 Å². The van der Waals surface area contributed by atoms with E-state index in [9.17, 15) is 18.0 Å². The van der Waals surface area contributed by atoms with Crippen LogP contribution in [0.3, 0.4) is 0 Å². The van der Waals surface area contributed by atoms with Gasteiger partial charge in [-0.15, -0.1) is 0 Å². The lowest BCUT2D eigenvalue weighted by Gasteiger charge is -2.60. The Balaban J connectivity index is 1.50.